The summed E-state index contributed by atoms with van der Waals surface area (Å²) < 4.78 is 0. The second-order valence-corrected chi connectivity index (χ2v) is 4.54. The molecular formula is C10H4Cl4N2O2. The van der Waals surface area contributed by atoms with Crippen molar-refractivity contribution in [3.8, 4) is 0 Å². The summed E-state index contributed by atoms with van der Waals surface area (Å²) in [6.07, 6.45) is 2.72. The minimum Gasteiger partial charge on any atom is -0.211 e. The van der Waals surface area contributed by atoms with Gasteiger partial charge in [-0.15, -0.1) is 0 Å². The van der Waals surface area contributed by atoms with Crippen molar-refractivity contribution in [1.29, 1.82) is 0 Å². The molecule has 0 fully saturated rings. The summed E-state index contributed by atoms with van der Waals surface area (Å²) in [6.45, 7) is -0.171. The zero-order valence-corrected chi connectivity index (χ0v) is 11.7. The molecule has 0 amide bonds. The zero-order chi connectivity index (χ0) is 13.7. The number of isocyanates is 2. The fraction of sp³-hybridized carbons (Fsp3) is 0.200. The van der Waals surface area contributed by atoms with Crippen LogP contribution in [0, 0.1) is 0 Å². The fourth-order valence-electron chi connectivity index (χ4n) is 1.22. The number of carbonyl (C=O) groups excluding carboxylic acids is 2. The number of aliphatic imine (C=N–C) groups is 2. The lowest BCUT2D eigenvalue weighted by Crippen LogP contribution is -1.95. The van der Waals surface area contributed by atoms with E-state index in [2.05, 4.69) is 9.98 Å². The van der Waals surface area contributed by atoms with E-state index in [-0.39, 0.29) is 33.2 Å². The van der Waals surface area contributed by atoms with Gasteiger partial charge < -0.3 is 0 Å². The van der Waals surface area contributed by atoms with Crippen LogP contribution in [0.5, 0.6) is 0 Å². The Morgan fingerprint density at radius 3 is 1.22 bits per heavy atom. The van der Waals surface area contributed by atoms with Crippen LogP contribution in [0.2, 0.25) is 20.1 Å². The summed E-state index contributed by atoms with van der Waals surface area (Å²) in [5.74, 6) is 0. The summed E-state index contributed by atoms with van der Waals surface area (Å²) in [6, 6.07) is 0. The van der Waals surface area contributed by atoms with Crippen LogP contribution in [0.15, 0.2) is 9.98 Å². The molecule has 0 radical (unpaired) electrons. The van der Waals surface area contributed by atoms with Gasteiger partial charge >= 0.3 is 0 Å². The van der Waals surface area contributed by atoms with Crippen LogP contribution in [0.4, 0.5) is 0 Å². The lowest BCUT2D eigenvalue weighted by molar-refractivity contribution is 0.562. The molecule has 0 unspecified atom stereocenters. The first kappa shape index (κ1) is 15.2. The molecule has 94 valence electrons. The summed E-state index contributed by atoms with van der Waals surface area (Å²) in [5.41, 5.74) is 0.631. The van der Waals surface area contributed by atoms with E-state index < -0.39 is 0 Å². The Bertz CT molecular complexity index is 496. The molecule has 0 aliphatic rings. The molecule has 18 heavy (non-hydrogen) atoms. The highest BCUT2D eigenvalue weighted by Gasteiger charge is 2.19. The summed E-state index contributed by atoms with van der Waals surface area (Å²) in [4.78, 5) is 26.9. The second-order valence-electron chi connectivity index (χ2n) is 3.03. The maximum absolute atomic E-state index is 10.1. The average Bonchev–Trinajstić information content (AvgIpc) is 2.37. The first-order chi connectivity index (χ1) is 8.54. The Kier molecular flexibility index (Phi) is 5.83. The number of hydrogen-bond donors (Lipinski definition) is 0. The first-order valence-corrected chi connectivity index (χ1v) is 5.96. The van der Waals surface area contributed by atoms with E-state index in [0.717, 1.165) is 0 Å². The molecule has 0 saturated carbocycles. The van der Waals surface area contributed by atoms with E-state index in [4.69, 9.17) is 46.4 Å². The number of halogens is 4. The van der Waals surface area contributed by atoms with Crippen molar-refractivity contribution in [2.45, 2.75) is 13.1 Å². The van der Waals surface area contributed by atoms with Crippen molar-refractivity contribution in [3.05, 3.63) is 31.2 Å². The van der Waals surface area contributed by atoms with E-state index in [0.29, 0.717) is 11.1 Å². The zero-order valence-electron chi connectivity index (χ0n) is 8.64. The van der Waals surface area contributed by atoms with Gasteiger partial charge in [0.15, 0.2) is 0 Å². The smallest absolute Gasteiger partial charge is 0.211 e. The van der Waals surface area contributed by atoms with Crippen LogP contribution in [0.25, 0.3) is 0 Å². The topological polar surface area (TPSA) is 58.9 Å². The van der Waals surface area contributed by atoms with Gasteiger partial charge in [0.1, 0.15) is 0 Å². The monoisotopic (exact) mass is 324 g/mol. The van der Waals surface area contributed by atoms with Crippen molar-refractivity contribution >= 4 is 58.6 Å². The van der Waals surface area contributed by atoms with E-state index in [1.165, 1.54) is 12.2 Å². The number of rotatable bonds is 4. The Morgan fingerprint density at radius 2 is 1.00 bits per heavy atom. The standard InChI is InChI=1S/C10H4Cl4N2O2/c11-7-5(1-15-3-17)8(12)10(14)6(9(7)13)2-16-4-18/h1-2H2. The molecule has 0 heterocycles. The Labute approximate surface area is 122 Å². The Morgan fingerprint density at radius 1 is 0.722 bits per heavy atom. The second kappa shape index (κ2) is 6.91. The van der Waals surface area contributed by atoms with Crippen molar-refractivity contribution in [2.75, 3.05) is 0 Å². The SMILES string of the molecule is O=C=NCc1c(Cl)c(Cl)c(CN=C=O)c(Cl)c1Cl. The van der Waals surface area contributed by atoms with Crippen molar-refractivity contribution in [3.63, 3.8) is 0 Å². The molecular weight excluding hydrogens is 322 g/mol. The van der Waals surface area contributed by atoms with Crippen molar-refractivity contribution in [1.82, 2.24) is 0 Å². The van der Waals surface area contributed by atoms with Gasteiger partial charge in [0, 0.05) is 11.1 Å². The number of benzene rings is 1. The molecule has 1 aromatic rings. The number of hydrogen-bond acceptors (Lipinski definition) is 4. The van der Waals surface area contributed by atoms with Gasteiger partial charge in [-0.2, -0.15) is 0 Å². The number of nitrogens with zero attached hydrogens (tertiary/aromatic N) is 2. The van der Waals surface area contributed by atoms with Gasteiger partial charge in [-0.25, -0.2) is 19.6 Å². The molecule has 1 rings (SSSR count). The highest BCUT2D eigenvalue weighted by atomic mass is 35.5. The molecule has 0 N–H and O–H groups in total. The van der Waals surface area contributed by atoms with Crippen LogP contribution in [0.3, 0.4) is 0 Å². The maximum atomic E-state index is 10.1. The molecule has 0 bridgehead atoms. The molecule has 8 heteroatoms. The normalized spacial score (nSPS) is 9.56. The quantitative estimate of drug-likeness (QED) is 0.477. The highest BCUT2D eigenvalue weighted by Crippen LogP contribution is 2.41. The minimum absolute atomic E-state index is 0.0855. The lowest BCUT2D eigenvalue weighted by Gasteiger charge is -2.12. The fourth-order valence-corrected chi connectivity index (χ4v) is 2.39. The molecule has 1 aromatic carbocycles. The third-order valence-electron chi connectivity index (χ3n) is 2.05. The molecule has 0 saturated heterocycles. The van der Waals surface area contributed by atoms with Gasteiger partial charge in [-0.3, -0.25) is 0 Å². The van der Waals surface area contributed by atoms with Gasteiger partial charge in [0.2, 0.25) is 12.2 Å². The van der Waals surface area contributed by atoms with Gasteiger partial charge in [0.05, 0.1) is 33.2 Å². The maximum Gasteiger partial charge on any atom is 0.235 e. The lowest BCUT2D eigenvalue weighted by atomic mass is 10.1. The molecule has 0 aromatic heterocycles. The van der Waals surface area contributed by atoms with Crippen LogP contribution in [0.1, 0.15) is 11.1 Å². The average molecular weight is 326 g/mol. The minimum atomic E-state index is -0.0855. The van der Waals surface area contributed by atoms with Crippen molar-refractivity contribution < 1.29 is 9.59 Å². The van der Waals surface area contributed by atoms with Crippen LogP contribution < -0.4 is 0 Å². The van der Waals surface area contributed by atoms with Crippen molar-refractivity contribution in [2.24, 2.45) is 9.98 Å². The van der Waals surface area contributed by atoms with Crippen LogP contribution in [-0.4, -0.2) is 12.2 Å². The third kappa shape index (κ3) is 3.12. The van der Waals surface area contributed by atoms with E-state index in [1.54, 1.807) is 0 Å². The van der Waals surface area contributed by atoms with Gasteiger partial charge in [0.25, 0.3) is 0 Å². The first-order valence-electron chi connectivity index (χ1n) is 4.45. The van der Waals surface area contributed by atoms with Gasteiger partial charge in [-0.05, 0) is 0 Å². The third-order valence-corrected chi connectivity index (χ3v) is 3.91. The summed E-state index contributed by atoms with van der Waals surface area (Å²) in [5, 5.41) is 0.449. The Balaban J connectivity index is 3.43. The van der Waals surface area contributed by atoms with Gasteiger partial charge in [-0.1, -0.05) is 46.4 Å². The summed E-state index contributed by atoms with van der Waals surface area (Å²) >= 11 is 23.9. The molecule has 4 nitrogen and oxygen atoms in total. The van der Waals surface area contributed by atoms with Crippen LogP contribution in [-0.2, 0) is 22.7 Å². The Hall–Kier alpha value is -0.860. The predicted molar refractivity (Wildman–Crippen MR) is 70.1 cm³/mol. The predicted octanol–water partition coefficient (Wildman–Crippen LogP) is 3.97. The molecule has 0 atom stereocenters. The largest absolute Gasteiger partial charge is 0.235 e. The van der Waals surface area contributed by atoms with E-state index >= 15 is 0 Å². The highest BCUT2D eigenvalue weighted by molar-refractivity contribution is 6.48. The van der Waals surface area contributed by atoms with E-state index in [9.17, 15) is 9.59 Å². The van der Waals surface area contributed by atoms with Crippen LogP contribution >= 0.6 is 46.4 Å². The molecule has 0 aliphatic carbocycles. The molecule has 0 aliphatic heterocycles. The van der Waals surface area contributed by atoms with E-state index in [1.807, 2.05) is 0 Å². The summed E-state index contributed by atoms with van der Waals surface area (Å²) in [7, 11) is 0. The molecule has 0 spiro atoms.